The van der Waals surface area contributed by atoms with Crippen molar-refractivity contribution in [3.05, 3.63) is 59.7 Å². The molecule has 0 atom stereocenters. The van der Waals surface area contributed by atoms with Gasteiger partial charge in [0.25, 0.3) is 11.8 Å². The highest BCUT2D eigenvalue weighted by Crippen LogP contribution is 2.19. The summed E-state index contributed by atoms with van der Waals surface area (Å²) in [7, 11) is 0. The van der Waals surface area contributed by atoms with E-state index in [-0.39, 0.29) is 16.9 Å². The highest BCUT2D eigenvalue weighted by atomic mass is 32.1. The average Bonchev–Trinajstić information content (AvgIpc) is 3.14. The van der Waals surface area contributed by atoms with E-state index in [2.05, 4.69) is 17.6 Å². The van der Waals surface area contributed by atoms with Crippen molar-refractivity contribution in [2.75, 3.05) is 25.0 Å². The second kappa shape index (κ2) is 13.7. The number of likely N-dealkylation sites (tertiary alicyclic amines) is 1. The number of carbonyl (C=O) groups excluding carboxylic acids is 2. The Morgan fingerprint density at radius 3 is 2.35 bits per heavy atom. The lowest BCUT2D eigenvalue weighted by Gasteiger charge is -2.20. The van der Waals surface area contributed by atoms with Crippen LogP contribution in [0.25, 0.3) is 0 Å². The summed E-state index contributed by atoms with van der Waals surface area (Å²) in [5.41, 5.74) is 1.81. The minimum atomic E-state index is -0.324. The molecule has 1 aliphatic heterocycles. The molecule has 182 valence electrons. The predicted molar refractivity (Wildman–Crippen MR) is 141 cm³/mol. The zero-order valence-electron chi connectivity index (χ0n) is 20.0. The van der Waals surface area contributed by atoms with Crippen molar-refractivity contribution in [3.8, 4) is 5.75 Å². The van der Waals surface area contributed by atoms with Crippen molar-refractivity contribution in [3.63, 3.8) is 0 Å². The van der Waals surface area contributed by atoms with Gasteiger partial charge in [0, 0.05) is 24.3 Å². The average molecular weight is 482 g/mol. The number of hydrogen-bond acceptors (Lipinski definition) is 4. The van der Waals surface area contributed by atoms with Gasteiger partial charge in [-0.25, -0.2) is 0 Å². The van der Waals surface area contributed by atoms with Gasteiger partial charge in [-0.15, -0.1) is 0 Å². The van der Waals surface area contributed by atoms with Crippen LogP contribution in [0.1, 0.15) is 79.0 Å². The van der Waals surface area contributed by atoms with Gasteiger partial charge in [-0.05, 0) is 67.9 Å². The molecule has 0 aliphatic carbocycles. The van der Waals surface area contributed by atoms with E-state index in [4.69, 9.17) is 17.0 Å². The van der Waals surface area contributed by atoms with Crippen LogP contribution in [0.3, 0.4) is 0 Å². The van der Waals surface area contributed by atoms with Crippen molar-refractivity contribution in [2.24, 2.45) is 0 Å². The van der Waals surface area contributed by atoms with Crippen LogP contribution in [0.2, 0.25) is 0 Å². The molecule has 1 saturated heterocycles. The van der Waals surface area contributed by atoms with Crippen molar-refractivity contribution in [1.29, 1.82) is 0 Å². The Labute approximate surface area is 208 Å². The van der Waals surface area contributed by atoms with Crippen LogP contribution in [0.15, 0.2) is 48.5 Å². The normalized spacial score (nSPS) is 13.6. The van der Waals surface area contributed by atoms with Gasteiger partial charge in [-0.3, -0.25) is 14.9 Å². The lowest BCUT2D eigenvalue weighted by Crippen LogP contribution is -2.34. The second-order valence-corrected chi connectivity index (χ2v) is 9.01. The second-order valence-electron chi connectivity index (χ2n) is 8.60. The summed E-state index contributed by atoms with van der Waals surface area (Å²) >= 11 is 5.33. The highest BCUT2D eigenvalue weighted by molar-refractivity contribution is 7.80. The minimum Gasteiger partial charge on any atom is -0.493 e. The lowest BCUT2D eigenvalue weighted by molar-refractivity contribution is 0.0761. The van der Waals surface area contributed by atoms with Crippen LogP contribution >= 0.6 is 12.2 Å². The van der Waals surface area contributed by atoms with Crippen LogP contribution in [0.5, 0.6) is 5.75 Å². The summed E-state index contributed by atoms with van der Waals surface area (Å²) in [6.45, 7) is 4.38. The van der Waals surface area contributed by atoms with Gasteiger partial charge in [0.05, 0.1) is 12.2 Å². The smallest absolute Gasteiger partial charge is 0.261 e. The minimum absolute atomic E-state index is 0.0654. The molecule has 2 aromatic rings. The fourth-order valence-electron chi connectivity index (χ4n) is 3.98. The zero-order chi connectivity index (χ0) is 24.2. The number of carbonyl (C=O) groups is 2. The first-order valence-electron chi connectivity index (χ1n) is 12.3. The largest absolute Gasteiger partial charge is 0.493 e. The van der Waals surface area contributed by atoms with Gasteiger partial charge < -0.3 is 15.0 Å². The van der Waals surface area contributed by atoms with Gasteiger partial charge >= 0.3 is 0 Å². The van der Waals surface area contributed by atoms with E-state index in [1.54, 1.807) is 42.5 Å². The molecule has 34 heavy (non-hydrogen) atoms. The molecule has 0 saturated carbocycles. The molecular weight excluding hydrogens is 446 g/mol. The van der Waals surface area contributed by atoms with Crippen LogP contribution in [0, 0.1) is 0 Å². The summed E-state index contributed by atoms with van der Waals surface area (Å²) in [5.74, 6) is 0.293. The number of hydrogen-bond donors (Lipinski definition) is 2. The van der Waals surface area contributed by atoms with E-state index in [9.17, 15) is 9.59 Å². The topological polar surface area (TPSA) is 70.7 Å². The van der Waals surface area contributed by atoms with Crippen molar-refractivity contribution >= 4 is 34.8 Å². The first kappa shape index (κ1) is 25.7. The molecule has 1 fully saturated rings. The van der Waals surface area contributed by atoms with E-state index in [1.165, 1.54) is 25.7 Å². The van der Waals surface area contributed by atoms with Crippen molar-refractivity contribution < 1.29 is 14.3 Å². The number of rotatable bonds is 9. The molecule has 6 nitrogen and oxygen atoms in total. The molecule has 0 aromatic heterocycles. The standard InChI is InChI=1S/C27H35N3O3S/c1-2-3-4-11-20-33-24-13-8-7-12-23(24)25(31)29-27(34)28-22-16-14-21(15-17-22)26(32)30-18-9-5-6-10-19-30/h7-8,12-17H,2-6,9-11,18-20H2,1H3,(H2,28,29,31,34). The molecule has 2 aromatic carbocycles. The third-order valence-electron chi connectivity index (χ3n) is 5.90. The van der Waals surface area contributed by atoms with Crippen LogP contribution in [-0.4, -0.2) is 41.5 Å². The maximum absolute atomic E-state index is 12.8. The SMILES string of the molecule is CCCCCCOc1ccccc1C(=O)NC(=S)Nc1ccc(C(=O)N2CCCCCC2)cc1. The number of benzene rings is 2. The number of nitrogens with zero attached hydrogens (tertiary/aromatic N) is 1. The predicted octanol–water partition coefficient (Wildman–Crippen LogP) is 5.79. The Morgan fingerprint density at radius 2 is 1.65 bits per heavy atom. The lowest BCUT2D eigenvalue weighted by atomic mass is 10.1. The molecule has 3 rings (SSSR count). The molecule has 0 radical (unpaired) electrons. The third-order valence-corrected chi connectivity index (χ3v) is 6.10. The van der Waals surface area contributed by atoms with E-state index in [0.717, 1.165) is 38.8 Å². The zero-order valence-corrected chi connectivity index (χ0v) is 20.8. The summed E-state index contributed by atoms with van der Waals surface area (Å²) in [4.78, 5) is 27.5. The number of para-hydroxylation sites is 1. The number of amides is 2. The van der Waals surface area contributed by atoms with Gasteiger partial charge in [0.2, 0.25) is 0 Å². The highest BCUT2D eigenvalue weighted by Gasteiger charge is 2.17. The van der Waals surface area contributed by atoms with Gasteiger partial charge in [0.1, 0.15) is 5.75 Å². The summed E-state index contributed by atoms with van der Waals surface area (Å²) in [6, 6.07) is 14.4. The van der Waals surface area contributed by atoms with E-state index in [1.807, 2.05) is 11.0 Å². The molecule has 0 spiro atoms. The summed E-state index contributed by atoms with van der Waals surface area (Å²) in [6.07, 6.45) is 8.91. The first-order valence-corrected chi connectivity index (χ1v) is 12.7. The Kier molecular flexibility index (Phi) is 10.3. The molecule has 1 heterocycles. The molecule has 0 unspecified atom stereocenters. The molecule has 2 amide bonds. The van der Waals surface area contributed by atoms with Gasteiger partial charge in [0.15, 0.2) is 5.11 Å². The Morgan fingerprint density at radius 1 is 0.941 bits per heavy atom. The van der Waals surface area contributed by atoms with Crippen molar-refractivity contribution in [1.82, 2.24) is 10.2 Å². The molecule has 1 aliphatic rings. The van der Waals surface area contributed by atoms with E-state index in [0.29, 0.717) is 29.2 Å². The quantitative estimate of drug-likeness (QED) is 0.350. The molecule has 0 bridgehead atoms. The van der Waals surface area contributed by atoms with E-state index >= 15 is 0 Å². The summed E-state index contributed by atoms with van der Waals surface area (Å²) < 4.78 is 5.84. The van der Waals surface area contributed by atoms with E-state index < -0.39 is 0 Å². The monoisotopic (exact) mass is 481 g/mol. The van der Waals surface area contributed by atoms with Crippen LogP contribution in [-0.2, 0) is 0 Å². The maximum atomic E-state index is 12.8. The number of unbranched alkanes of at least 4 members (excludes halogenated alkanes) is 3. The fourth-order valence-corrected chi connectivity index (χ4v) is 4.19. The number of anilines is 1. The van der Waals surface area contributed by atoms with Crippen molar-refractivity contribution in [2.45, 2.75) is 58.3 Å². The fraction of sp³-hybridized carbons (Fsp3) is 0.444. The first-order chi connectivity index (χ1) is 16.6. The van der Waals surface area contributed by atoms with Gasteiger partial charge in [-0.1, -0.05) is 51.2 Å². The van der Waals surface area contributed by atoms with Crippen LogP contribution < -0.4 is 15.4 Å². The Hall–Kier alpha value is -2.93. The molecular formula is C27H35N3O3S. The maximum Gasteiger partial charge on any atom is 0.261 e. The number of nitrogens with one attached hydrogen (secondary N) is 2. The number of thiocarbonyl (C=S) groups is 1. The van der Waals surface area contributed by atoms with Crippen LogP contribution in [0.4, 0.5) is 5.69 Å². The Bertz CT molecular complexity index is 954. The number of ether oxygens (including phenoxy) is 1. The third kappa shape index (κ3) is 7.83. The van der Waals surface area contributed by atoms with Gasteiger partial charge in [-0.2, -0.15) is 0 Å². The molecule has 2 N–H and O–H groups in total. The molecule has 7 heteroatoms. The Balaban J connectivity index is 1.52. The summed E-state index contributed by atoms with van der Waals surface area (Å²) in [5, 5.41) is 5.93.